The Labute approximate surface area is 244 Å². The quantitative estimate of drug-likeness (QED) is 0.0619. The molecule has 0 saturated carbocycles. The van der Waals surface area contributed by atoms with E-state index in [1.165, 1.54) is 11.6 Å². The Balaban J connectivity index is -0.00000113. The first-order valence-corrected chi connectivity index (χ1v) is 11.0. The van der Waals surface area contributed by atoms with Crippen molar-refractivity contribution in [3.05, 3.63) is 45.4 Å². The Bertz CT molecular complexity index is 720. The molecular weight excluding hydrogens is 465 g/mol. The molecule has 0 aromatic carbocycles. The van der Waals surface area contributed by atoms with E-state index >= 15 is 0 Å². The van der Waals surface area contributed by atoms with Crippen LogP contribution in [0.3, 0.4) is 0 Å². The third-order valence-corrected chi connectivity index (χ3v) is 5.38. The molecule has 0 aliphatic rings. The molecule has 0 aliphatic carbocycles. The summed E-state index contributed by atoms with van der Waals surface area (Å²) in [5.41, 5.74) is 11.3. The van der Waals surface area contributed by atoms with Gasteiger partial charge in [0.25, 0.3) is 7.82 Å². The average Bonchev–Trinajstić information content (AvgIpc) is 2.50. The molecule has 0 radical (unpaired) electrons. The molecule has 0 aromatic heterocycles. The molecule has 30 heavy (non-hydrogen) atoms. The van der Waals surface area contributed by atoms with E-state index in [0.29, 0.717) is 13.0 Å². The summed E-state index contributed by atoms with van der Waals surface area (Å²) in [6.07, 6.45) is 8.71. The van der Waals surface area contributed by atoms with Crippen molar-refractivity contribution in [2.45, 2.75) is 46.5 Å². The second-order valence-corrected chi connectivity index (χ2v) is 8.59. The molecule has 1 atom stereocenters. The van der Waals surface area contributed by atoms with Gasteiger partial charge in [-0.3, -0.25) is 8.88 Å². The molecule has 15 heteroatoms. The van der Waals surface area contributed by atoms with Gasteiger partial charge in [0.1, 0.15) is 0 Å². The van der Waals surface area contributed by atoms with Gasteiger partial charge in [0.2, 0.25) is 0 Å². The molecule has 0 spiro atoms. The van der Waals surface area contributed by atoms with Gasteiger partial charge in [-0.15, -0.1) is 0 Å². The molecule has 10 nitrogen and oxygen atoms in total. The van der Waals surface area contributed by atoms with Crippen LogP contribution in [0.5, 0.6) is 0 Å². The fourth-order valence-electron chi connectivity index (χ4n) is 1.92. The van der Waals surface area contributed by atoms with Crippen molar-refractivity contribution in [3.8, 4) is 0 Å². The Morgan fingerprint density at radius 1 is 0.933 bits per heavy atom. The van der Waals surface area contributed by atoms with Crippen molar-refractivity contribution >= 4 is 15.6 Å². The summed E-state index contributed by atoms with van der Waals surface area (Å²) in [5.74, 6) is 0. The number of phosphoric acid groups is 2. The van der Waals surface area contributed by atoms with Crippen LogP contribution in [0.2, 0.25) is 0 Å². The second kappa shape index (κ2) is 21.3. The first-order chi connectivity index (χ1) is 12.4. The predicted molar refractivity (Wildman–Crippen MR) is 96.0 cm³/mol. The van der Waals surface area contributed by atoms with E-state index in [4.69, 9.17) is 5.53 Å². The molecule has 1 unspecified atom stereocenters. The molecule has 0 bridgehead atoms. The number of azide groups is 1. The van der Waals surface area contributed by atoms with Gasteiger partial charge in [-0.05, 0) is 52.0 Å². The minimum absolute atomic E-state index is 0. The first-order valence-electron chi connectivity index (χ1n) is 8.12. The molecule has 154 valence electrons. The van der Waals surface area contributed by atoms with Gasteiger partial charge >= 0.3 is 88.7 Å². The molecule has 0 heterocycles. The Morgan fingerprint density at radius 3 is 1.87 bits per heavy atom. The third-order valence-electron chi connectivity index (χ3n) is 3.31. The zero-order valence-corrected chi connectivity index (χ0v) is 26.4. The van der Waals surface area contributed by atoms with Gasteiger partial charge in [-0.25, -0.2) is 0 Å². The van der Waals surface area contributed by atoms with Crippen LogP contribution in [0.25, 0.3) is 10.4 Å². The van der Waals surface area contributed by atoms with E-state index in [1.54, 1.807) is 6.92 Å². The smallest absolute Gasteiger partial charge is 0.790 e. The van der Waals surface area contributed by atoms with E-state index in [1.807, 2.05) is 19.9 Å². The van der Waals surface area contributed by atoms with Gasteiger partial charge < -0.3 is 23.8 Å². The summed E-state index contributed by atoms with van der Waals surface area (Å²) in [5, 5.41) is 3.49. The van der Waals surface area contributed by atoms with Gasteiger partial charge in [0, 0.05) is 11.5 Å². The minimum Gasteiger partial charge on any atom is -0.790 e. The maximum Gasteiger partial charge on any atom is 1.00 e. The van der Waals surface area contributed by atoms with Crippen molar-refractivity contribution < 1.29 is 121 Å². The third kappa shape index (κ3) is 26.0. The van der Waals surface area contributed by atoms with Gasteiger partial charge in [0.05, 0.1) is 14.4 Å². The summed E-state index contributed by atoms with van der Waals surface area (Å²) in [7, 11) is -10.8. The average molecular weight is 489 g/mol. The summed E-state index contributed by atoms with van der Waals surface area (Å²) in [4.78, 5) is 34.3. The van der Waals surface area contributed by atoms with Gasteiger partial charge in [0.15, 0.2) is 0 Å². The van der Waals surface area contributed by atoms with Crippen molar-refractivity contribution in [2.75, 3.05) is 13.2 Å². The largest absolute Gasteiger partial charge is 1.00 e. The van der Waals surface area contributed by atoms with Crippen LogP contribution in [0.4, 0.5) is 0 Å². The molecule has 0 aliphatic heterocycles. The summed E-state index contributed by atoms with van der Waals surface area (Å²) in [6.45, 7) is 5.64. The molecular formula is C15H24N3Na3O7P2. The van der Waals surface area contributed by atoms with Crippen LogP contribution in [-0.4, -0.2) is 13.2 Å². The first kappa shape index (κ1) is 39.0. The van der Waals surface area contributed by atoms with Crippen LogP contribution in [0.1, 0.15) is 46.5 Å². The monoisotopic (exact) mass is 489 g/mol. The van der Waals surface area contributed by atoms with Crippen molar-refractivity contribution in [3.63, 3.8) is 0 Å². The van der Waals surface area contributed by atoms with Crippen LogP contribution < -0.4 is 103 Å². The van der Waals surface area contributed by atoms with E-state index in [9.17, 15) is 23.8 Å². The maximum absolute atomic E-state index is 11.1. The van der Waals surface area contributed by atoms with Crippen LogP contribution in [-0.2, 0) is 18.0 Å². The van der Waals surface area contributed by atoms with E-state index in [2.05, 4.69) is 24.9 Å². The SMILES string of the molecule is C/C(=C/CC/C(C)=C/CC/C(C)=C/COP(=O)([O-])OP(=O)([O-])[O-])CN=[N+]=[N-].[Na+].[Na+].[Na+]. The number of hydrogen-bond acceptors (Lipinski definition) is 8. The van der Waals surface area contributed by atoms with Gasteiger partial charge in [-0.1, -0.05) is 40.1 Å². The number of phosphoric ester groups is 1. The van der Waals surface area contributed by atoms with E-state index < -0.39 is 22.3 Å². The topological polar surface area (TPSA) is 171 Å². The zero-order valence-electron chi connectivity index (χ0n) is 18.6. The zero-order chi connectivity index (χ0) is 20.9. The molecule has 0 rings (SSSR count). The predicted octanol–water partition coefficient (Wildman–Crippen LogP) is -5.96. The second-order valence-electron chi connectivity index (χ2n) is 5.89. The number of allylic oxidation sites excluding steroid dienone is 4. The fraction of sp³-hybridized carbons (Fsp3) is 0.600. The number of nitrogens with zero attached hydrogens (tertiary/aromatic N) is 3. The van der Waals surface area contributed by atoms with Crippen molar-refractivity contribution in [1.82, 2.24) is 0 Å². The van der Waals surface area contributed by atoms with Crippen LogP contribution >= 0.6 is 15.6 Å². The Hall–Kier alpha value is 1.79. The van der Waals surface area contributed by atoms with E-state index in [-0.39, 0.29) is 88.7 Å². The number of hydrogen-bond donors (Lipinski definition) is 0. The summed E-state index contributed by atoms with van der Waals surface area (Å²) in [6, 6.07) is 0. The van der Waals surface area contributed by atoms with Gasteiger partial charge in [-0.2, -0.15) is 0 Å². The van der Waals surface area contributed by atoms with Crippen molar-refractivity contribution in [2.24, 2.45) is 5.11 Å². The molecule has 0 aromatic rings. The van der Waals surface area contributed by atoms with Crippen LogP contribution in [0, 0.1) is 0 Å². The normalized spacial score (nSPS) is 14.4. The maximum atomic E-state index is 11.1. The molecule has 0 saturated heterocycles. The standard InChI is InChI=1S/C15H27N3O7P2.3Na/c1-13(7-5-9-15(3)12-17-18-16)6-4-8-14(2)10-11-24-27(22,23)25-26(19,20)21;;;/h6,9-10H,4-5,7-8,11-12H2,1-3H3,(H,22,23)(H2,19,20,21);;;/q;3*+1/p-3/b13-6+,14-10+,15-9-;;;. The number of rotatable bonds is 13. The summed E-state index contributed by atoms with van der Waals surface area (Å²) >= 11 is 0. The Morgan fingerprint density at radius 2 is 1.40 bits per heavy atom. The molecule has 0 amide bonds. The molecule has 0 fully saturated rings. The summed E-state index contributed by atoms with van der Waals surface area (Å²) < 4.78 is 29.0. The fourth-order valence-corrected chi connectivity index (χ4v) is 3.35. The van der Waals surface area contributed by atoms with E-state index in [0.717, 1.165) is 30.4 Å². The van der Waals surface area contributed by atoms with Crippen molar-refractivity contribution in [1.29, 1.82) is 0 Å². The molecule has 0 N–H and O–H groups in total. The van der Waals surface area contributed by atoms with Crippen LogP contribution in [0.15, 0.2) is 40.1 Å². The Kier molecular flexibility index (Phi) is 27.7. The minimum atomic E-state index is -5.66.